The van der Waals surface area contributed by atoms with Crippen LogP contribution in [0.5, 0.6) is 0 Å². The number of fused-ring (bicyclic) bond motifs is 1. The Labute approximate surface area is 158 Å². The van der Waals surface area contributed by atoms with Gasteiger partial charge in [-0.15, -0.1) is 0 Å². The molecular weight excluding hydrogens is 346 g/mol. The molecule has 0 unspecified atom stereocenters. The zero-order valence-corrected chi connectivity index (χ0v) is 16.2. The average molecular weight is 373 g/mol. The van der Waals surface area contributed by atoms with Gasteiger partial charge in [0.15, 0.2) is 0 Å². The second-order valence-corrected chi connectivity index (χ2v) is 7.19. The number of amides is 1. The number of aromatic nitrogens is 4. The molecule has 8 heteroatoms. The third-order valence-electron chi connectivity index (χ3n) is 5.26. The zero-order chi connectivity index (χ0) is 19.6. The number of carboxylic acids is 1. The minimum atomic E-state index is -0.823. The summed E-state index contributed by atoms with van der Waals surface area (Å²) in [5.74, 6) is -0.685. The Bertz CT molecular complexity index is 852. The first-order chi connectivity index (χ1) is 12.8. The van der Waals surface area contributed by atoms with E-state index in [4.69, 9.17) is 5.11 Å². The first kappa shape index (κ1) is 19.1. The van der Waals surface area contributed by atoms with Crippen LogP contribution in [-0.4, -0.2) is 48.0 Å². The van der Waals surface area contributed by atoms with Crippen LogP contribution in [0, 0.1) is 13.8 Å². The molecule has 0 aliphatic carbocycles. The topological polar surface area (TPSA) is 93.3 Å². The predicted molar refractivity (Wildman–Crippen MR) is 99.2 cm³/mol. The number of aliphatic carboxylic acids is 1. The van der Waals surface area contributed by atoms with E-state index in [0.29, 0.717) is 25.8 Å². The van der Waals surface area contributed by atoms with Crippen LogP contribution in [-0.2, 0) is 42.6 Å². The minimum absolute atomic E-state index is 0.0723. The van der Waals surface area contributed by atoms with Crippen molar-refractivity contribution in [2.45, 2.75) is 59.0 Å². The SMILES string of the molecule is Cc1nn(C)c(C)c1CCC(=O)N1CCCn2nc(CCC(=O)O)cc2C1. The van der Waals surface area contributed by atoms with Crippen molar-refractivity contribution in [2.75, 3.05) is 6.54 Å². The van der Waals surface area contributed by atoms with Crippen molar-refractivity contribution in [3.63, 3.8) is 0 Å². The van der Waals surface area contributed by atoms with Crippen molar-refractivity contribution in [1.82, 2.24) is 24.5 Å². The fourth-order valence-corrected chi connectivity index (χ4v) is 3.66. The number of nitrogens with zero attached hydrogens (tertiary/aromatic N) is 5. The number of carbonyl (C=O) groups is 2. The lowest BCUT2D eigenvalue weighted by Crippen LogP contribution is -2.30. The maximum absolute atomic E-state index is 12.8. The van der Waals surface area contributed by atoms with Gasteiger partial charge in [0.25, 0.3) is 0 Å². The number of carbonyl (C=O) groups excluding carboxylic acids is 1. The summed E-state index contributed by atoms with van der Waals surface area (Å²) < 4.78 is 3.78. The predicted octanol–water partition coefficient (Wildman–Crippen LogP) is 1.62. The standard InChI is InChI=1S/C19H27N5O3/c1-13-17(14(2)22(3)20-13)6-7-18(25)23-9-4-10-24-16(12-23)11-15(21-24)5-8-19(26)27/h11H,4-10,12H2,1-3H3,(H,26,27). The van der Waals surface area contributed by atoms with Crippen molar-refractivity contribution in [2.24, 2.45) is 7.05 Å². The van der Waals surface area contributed by atoms with E-state index < -0.39 is 5.97 Å². The summed E-state index contributed by atoms with van der Waals surface area (Å²) in [7, 11) is 1.92. The number of aryl methyl sites for hydroxylation is 4. The normalized spacial score (nSPS) is 14.1. The molecule has 0 atom stereocenters. The molecule has 27 heavy (non-hydrogen) atoms. The van der Waals surface area contributed by atoms with E-state index in [-0.39, 0.29) is 12.3 Å². The summed E-state index contributed by atoms with van der Waals surface area (Å²) in [6, 6.07) is 1.93. The molecule has 1 aliphatic rings. The van der Waals surface area contributed by atoms with E-state index in [1.54, 1.807) is 0 Å². The minimum Gasteiger partial charge on any atom is -0.481 e. The number of rotatable bonds is 6. The van der Waals surface area contributed by atoms with Crippen molar-refractivity contribution in [3.05, 3.63) is 34.4 Å². The van der Waals surface area contributed by atoms with Gasteiger partial charge in [0, 0.05) is 38.7 Å². The molecular formula is C19H27N5O3. The van der Waals surface area contributed by atoms with Crippen molar-refractivity contribution in [1.29, 1.82) is 0 Å². The fraction of sp³-hybridized carbons (Fsp3) is 0.579. The van der Waals surface area contributed by atoms with Gasteiger partial charge in [0.1, 0.15) is 0 Å². The van der Waals surface area contributed by atoms with Crippen LogP contribution < -0.4 is 0 Å². The van der Waals surface area contributed by atoms with Crippen molar-refractivity contribution >= 4 is 11.9 Å². The third-order valence-corrected chi connectivity index (χ3v) is 5.26. The first-order valence-corrected chi connectivity index (χ1v) is 9.39. The molecule has 0 bridgehead atoms. The highest BCUT2D eigenvalue weighted by Crippen LogP contribution is 2.18. The highest BCUT2D eigenvalue weighted by atomic mass is 16.4. The average Bonchev–Trinajstić information content (AvgIpc) is 3.02. The lowest BCUT2D eigenvalue weighted by Gasteiger charge is -2.20. The zero-order valence-electron chi connectivity index (χ0n) is 16.2. The maximum Gasteiger partial charge on any atom is 0.303 e. The second kappa shape index (κ2) is 7.94. The van der Waals surface area contributed by atoms with E-state index in [9.17, 15) is 9.59 Å². The maximum atomic E-state index is 12.8. The van der Waals surface area contributed by atoms with Crippen molar-refractivity contribution < 1.29 is 14.7 Å². The molecule has 1 N–H and O–H groups in total. The lowest BCUT2D eigenvalue weighted by atomic mass is 10.1. The third kappa shape index (κ3) is 4.37. The largest absolute Gasteiger partial charge is 0.481 e. The van der Waals surface area contributed by atoms with Gasteiger partial charge in [-0.05, 0) is 38.3 Å². The van der Waals surface area contributed by atoms with Crippen LogP contribution in [0.1, 0.15) is 47.6 Å². The smallest absolute Gasteiger partial charge is 0.303 e. The Morgan fingerprint density at radius 2 is 1.93 bits per heavy atom. The summed E-state index contributed by atoms with van der Waals surface area (Å²) in [6.45, 7) is 6.02. The van der Waals surface area contributed by atoms with Gasteiger partial charge < -0.3 is 10.0 Å². The van der Waals surface area contributed by atoms with Crippen LogP contribution in [0.2, 0.25) is 0 Å². The van der Waals surface area contributed by atoms with Gasteiger partial charge >= 0.3 is 5.97 Å². The molecule has 8 nitrogen and oxygen atoms in total. The summed E-state index contributed by atoms with van der Waals surface area (Å²) >= 11 is 0. The molecule has 0 saturated heterocycles. The molecule has 0 fully saturated rings. The molecule has 0 saturated carbocycles. The van der Waals surface area contributed by atoms with Crippen LogP contribution in [0.15, 0.2) is 6.07 Å². The second-order valence-electron chi connectivity index (χ2n) is 7.19. The van der Waals surface area contributed by atoms with Crippen LogP contribution in [0.3, 0.4) is 0 Å². The molecule has 2 aromatic rings. The molecule has 1 aliphatic heterocycles. The van der Waals surface area contributed by atoms with E-state index in [2.05, 4.69) is 10.2 Å². The summed E-state index contributed by atoms with van der Waals surface area (Å²) in [5, 5.41) is 17.8. The molecule has 3 heterocycles. The molecule has 0 aromatic carbocycles. The Balaban J connectivity index is 1.63. The van der Waals surface area contributed by atoms with E-state index >= 15 is 0 Å². The van der Waals surface area contributed by atoms with Crippen LogP contribution in [0.4, 0.5) is 0 Å². The Morgan fingerprint density at radius 3 is 2.59 bits per heavy atom. The van der Waals surface area contributed by atoms with Gasteiger partial charge in [-0.3, -0.25) is 19.0 Å². The number of carboxylic acid groups (broad SMARTS) is 1. The van der Waals surface area contributed by atoms with E-state index in [1.165, 1.54) is 0 Å². The highest BCUT2D eigenvalue weighted by Gasteiger charge is 2.21. The summed E-state index contributed by atoms with van der Waals surface area (Å²) in [6.07, 6.45) is 2.51. The molecule has 0 radical (unpaired) electrons. The van der Waals surface area contributed by atoms with Gasteiger partial charge in [-0.1, -0.05) is 0 Å². The van der Waals surface area contributed by atoms with Gasteiger partial charge in [-0.25, -0.2) is 0 Å². The summed E-state index contributed by atoms with van der Waals surface area (Å²) in [4.78, 5) is 25.4. The molecule has 146 valence electrons. The molecule has 1 amide bonds. The van der Waals surface area contributed by atoms with E-state index in [1.807, 2.05) is 41.2 Å². The van der Waals surface area contributed by atoms with Gasteiger partial charge in [-0.2, -0.15) is 10.2 Å². The Hall–Kier alpha value is -2.64. The Kier molecular flexibility index (Phi) is 5.62. The van der Waals surface area contributed by atoms with Crippen LogP contribution >= 0.6 is 0 Å². The van der Waals surface area contributed by atoms with Crippen molar-refractivity contribution in [3.8, 4) is 0 Å². The quantitative estimate of drug-likeness (QED) is 0.830. The first-order valence-electron chi connectivity index (χ1n) is 9.39. The lowest BCUT2D eigenvalue weighted by molar-refractivity contribution is -0.137. The molecule has 2 aromatic heterocycles. The highest BCUT2D eigenvalue weighted by molar-refractivity contribution is 5.76. The van der Waals surface area contributed by atoms with Gasteiger partial charge in [0.05, 0.1) is 30.0 Å². The van der Waals surface area contributed by atoms with Gasteiger partial charge in [0.2, 0.25) is 5.91 Å². The Morgan fingerprint density at radius 1 is 1.15 bits per heavy atom. The number of hydrogen-bond acceptors (Lipinski definition) is 4. The monoisotopic (exact) mass is 373 g/mol. The number of hydrogen-bond donors (Lipinski definition) is 1. The molecule has 0 spiro atoms. The molecule has 3 rings (SSSR count). The fourth-order valence-electron chi connectivity index (χ4n) is 3.66. The summed E-state index contributed by atoms with van der Waals surface area (Å²) in [5.41, 5.74) is 5.01. The van der Waals surface area contributed by atoms with Crippen LogP contribution in [0.25, 0.3) is 0 Å². The van der Waals surface area contributed by atoms with E-state index in [0.717, 1.165) is 47.8 Å².